The highest BCUT2D eigenvalue weighted by molar-refractivity contribution is 7.47. The summed E-state index contributed by atoms with van der Waals surface area (Å²) in [5, 5.41) is 20.7. The maximum Gasteiger partial charge on any atom is 0.472 e. The van der Waals surface area contributed by atoms with E-state index in [4.69, 9.17) is 32.3 Å². The lowest BCUT2D eigenvalue weighted by Crippen LogP contribution is -2.30. The molecule has 0 aromatic rings. The standard InChI is InChI=1S/C97H172O16P2/c1-4-7-10-13-16-19-22-25-28-30-32-34-36-38-40-42-44-45-47-49-50-52-54-56-58-60-63-65-68-71-74-77-80-83-95(100)107-86-92(98)87-109-114(103,104)110-88-93(99)89-111-115(105,106)112-91-94(113-97(102)85-82-79-76-73-70-67-62-27-24-21-18-15-12-9-6-3)90-108-96(101)84-81-78-75-72-69-66-64-61-59-57-55-53-51-48-46-43-41-39-37-35-33-31-29-26-23-20-17-14-11-8-5-2/h7,10,16-17,19-20,25-26,28-29,32-35,38-41,44-45,92-94,98-99H,4-6,8-9,11-15,18,21-24,27,30-31,36-37,42-43,46-91H2,1-3H3,(H,103,104)(H,105,106)/b10-7-,19-16-,20-17-,28-25-,29-26-,34-32-,35-33-,40-38-,41-39-,45-44-. The summed E-state index contributed by atoms with van der Waals surface area (Å²) in [5.74, 6) is -1.55. The molecule has 5 unspecified atom stereocenters. The van der Waals surface area contributed by atoms with Gasteiger partial charge in [-0.1, -0.05) is 406 Å². The van der Waals surface area contributed by atoms with E-state index >= 15 is 0 Å². The second kappa shape index (κ2) is 89.2. The van der Waals surface area contributed by atoms with Crippen molar-refractivity contribution in [3.63, 3.8) is 0 Å². The Bertz CT molecular complexity index is 2570. The molecule has 0 aliphatic carbocycles. The smallest absolute Gasteiger partial charge is 0.463 e. The van der Waals surface area contributed by atoms with Gasteiger partial charge in [-0.05, 0) is 116 Å². The average Bonchev–Trinajstić information content (AvgIpc) is 0.898. The summed E-state index contributed by atoms with van der Waals surface area (Å²) in [7, 11) is -9.79. The number of phosphoric ester groups is 2. The minimum absolute atomic E-state index is 0.110. The molecular formula is C97H172O16P2. The van der Waals surface area contributed by atoms with Crippen LogP contribution in [0.1, 0.15) is 419 Å². The second-order valence-electron chi connectivity index (χ2n) is 31.4. The van der Waals surface area contributed by atoms with Crippen LogP contribution in [0.25, 0.3) is 0 Å². The maximum absolute atomic E-state index is 13.0. The molecule has 5 atom stereocenters. The van der Waals surface area contributed by atoms with Crippen LogP contribution in [0.15, 0.2) is 122 Å². The Labute approximate surface area is 703 Å². The molecule has 0 aliphatic heterocycles. The zero-order valence-electron chi connectivity index (χ0n) is 73.4. The van der Waals surface area contributed by atoms with E-state index in [2.05, 4.69) is 142 Å². The van der Waals surface area contributed by atoms with Crippen molar-refractivity contribution in [2.24, 2.45) is 0 Å². The second-order valence-corrected chi connectivity index (χ2v) is 34.3. The van der Waals surface area contributed by atoms with Crippen LogP contribution in [0.4, 0.5) is 0 Å². The Morgan fingerprint density at radius 2 is 0.461 bits per heavy atom. The number of aliphatic hydroxyl groups is 2. The highest BCUT2D eigenvalue weighted by Gasteiger charge is 2.30. The van der Waals surface area contributed by atoms with Crippen LogP contribution in [0.3, 0.4) is 0 Å². The molecule has 0 aromatic heterocycles. The zero-order chi connectivity index (χ0) is 83.6. The first kappa shape index (κ1) is 111. The molecular weight excluding hydrogens is 1480 g/mol. The third kappa shape index (κ3) is 90.6. The van der Waals surface area contributed by atoms with Gasteiger partial charge in [0.15, 0.2) is 6.10 Å². The van der Waals surface area contributed by atoms with E-state index in [9.17, 15) is 43.5 Å². The van der Waals surface area contributed by atoms with E-state index in [1.54, 1.807) is 0 Å². The number of allylic oxidation sites excluding steroid dienone is 20. The summed E-state index contributed by atoms with van der Waals surface area (Å²) >= 11 is 0. The van der Waals surface area contributed by atoms with Crippen molar-refractivity contribution in [2.45, 2.75) is 437 Å². The van der Waals surface area contributed by atoms with Gasteiger partial charge in [-0.2, -0.15) is 0 Å². The molecule has 0 fully saturated rings. The van der Waals surface area contributed by atoms with Gasteiger partial charge in [0, 0.05) is 19.3 Å². The molecule has 115 heavy (non-hydrogen) atoms. The van der Waals surface area contributed by atoms with Crippen LogP contribution in [0.2, 0.25) is 0 Å². The molecule has 16 nitrogen and oxygen atoms in total. The molecule has 0 aromatic carbocycles. The summed E-state index contributed by atoms with van der Waals surface area (Å²) in [6.07, 6.45) is 110. The highest BCUT2D eigenvalue weighted by Crippen LogP contribution is 2.45. The zero-order valence-corrected chi connectivity index (χ0v) is 75.2. The van der Waals surface area contributed by atoms with Gasteiger partial charge < -0.3 is 34.2 Å². The predicted molar refractivity (Wildman–Crippen MR) is 482 cm³/mol. The van der Waals surface area contributed by atoms with Gasteiger partial charge in [0.25, 0.3) is 0 Å². The molecule has 0 amide bonds. The first-order chi connectivity index (χ1) is 56.2. The molecule has 0 heterocycles. The van der Waals surface area contributed by atoms with Gasteiger partial charge in [-0.3, -0.25) is 32.5 Å². The first-order valence-electron chi connectivity index (χ1n) is 46.8. The summed E-state index contributed by atoms with van der Waals surface area (Å²) in [6.45, 7) is 2.62. The third-order valence-corrected chi connectivity index (χ3v) is 22.1. The Kier molecular flexibility index (Phi) is 86.1. The highest BCUT2D eigenvalue weighted by atomic mass is 31.2. The summed E-state index contributed by atoms with van der Waals surface area (Å²) in [5.41, 5.74) is 0. The number of hydrogen-bond donors (Lipinski definition) is 4. The molecule has 0 bridgehead atoms. The van der Waals surface area contributed by atoms with Crippen LogP contribution < -0.4 is 0 Å². The Morgan fingerprint density at radius 3 is 0.748 bits per heavy atom. The van der Waals surface area contributed by atoms with E-state index in [0.29, 0.717) is 19.3 Å². The fraction of sp³-hybridized carbons (Fsp3) is 0.763. The number of hydrogen-bond acceptors (Lipinski definition) is 14. The first-order valence-corrected chi connectivity index (χ1v) is 49.8. The molecule has 0 spiro atoms. The Balaban J connectivity index is 4.44. The van der Waals surface area contributed by atoms with Crippen molar-refractivity contribution in [1.82, 2.24) is 0 Å². The summed E-state index contributed by atoms with van der Waals surface area (Å²) < 4.78 is 61.5. The van der Waals surface area contributed by atoms with Gasteiger partial charge in [0.2, 0.25) is 0 Å². The van der Waals surface area contributed by atoms with E-state index in [1.807, 2.05) is 0 Å². The van der Waals surface area contributed by atoms with E-state index in [1.165, 1.54) is 231 Å². The minimum Gasteiger partial charge on any atom is -0.463 e. The topological polar surface area (TPSA) is 231 Å². The van der Waals surface area contributed by atoms with Crippen LogP contribution >= 0.6 is 15.6 Å². The Hall–Kier alpha value is -4.05. The lowest BCUT2D eigenvalue weighted by molar-refractivity contribution is -0.161. The van der Waals surface area contributed by atoms with E-state index in [0.717, 1.165) is 128 Å². The number of unbranched alkanes of at least 4 members (excludes halogenated alkanes) is 46. The maximum atomic E-state index is 13.0. The van der Waals surface area contributed by atoms with Crippen molar-refractivity contribution in [1.29, 1.82) is 0 Å². The van der Waals surface area contributed by atoms with E-state index < -0.39 is 91.5 Å². The molecule has 0 saturated carbocycles. The fourth-order valence-corrected chi connectivity index (χ4v) is 14.7. The lowest BCUT2D eigenvalue weighted by atomic mass is 10.0. The molecule has 0 radical (unpaired) electrons. The van der Waals surface area contributed by atoms with Gasteiger partial charge in [-0.15, -0.1) is 0 Å². The number of carbonyl (C=O) groups excluding carboxylic acids is 3. The van der Waals surface area contributed by atoms with Gasteiger partial charge in [0.1, 0.15) is 25.4 Å². The Morgan fingerprint density at radius 1 is 0.252 bits per heavy atom. The van der Waals surface area contributed by atoms with Crippen molar-refractivity contribution in [2.75, 3.05) is 39.6 Å². The van der Waals surface area contributed by atoms with Gasteiger partial charge >= 0.3 is 33.6 Å². The van der Waals surface area contributed by atoms with Crippen molar-refractivity contribution in [3.8, 4) is 0 Å². The number of phosphoric acid groups is 2. The fourth-order valence-electron chi connectivity index (χ4n) is 13.1. The minimum atomic E-state index is -4.93. The summed E-state index contributed by atoms with van der Waals surface area (Å²) in [6, 6.07) is 0. The van der Waals surface area contributed by atoms with E-state index in [-0.39, 0.29) is 19.3 Å². The van der Waals surface area contributed by atoms with Crippen molar-refractivity contribution >= 4 is 33.6 Å². The molecule has 0 aliphatic rings. The van der Waals surface area contributed by atoms with Crippen LogP contribution in [0, 0.1) is 0 Å². The molecule has 666 valence electrons. The predicted octanol–water partition coefficient (Wildman–Crippen LogP) is 28.8. The van der Waals surface area contributed by atoms with Crippen molar-refractivity contribution in [3.05, 3.63) is 122 Å². The third-order valence-electron chi connectivity index (χ3n) is 20.2. The molecule has 0 saturated heterocycles. The quantitative estimate of drug-likeness (QED) is 0.0146. The average molecular weight is 1660 g/mol. The lowest BCUT2D eigenvalue weighted by Gasteiger charge is -2.21. The van der Waals surface area contributed by atoms with Gasteiger partial charge in [0.05, 0.1) is 26.4 Å². The normalized spacial score (nSPS) is 14.3. The number of esters is 3. The monoisotopic (exact) mass is 1660 g/mol. The SMILES string of the molecule is CC/C=C\C/C=C\C/C=C\C/C=C\C/C=C\C/C=C\CCCCCCCCCCCCCCCCC(=O)OCC(O)COP(=O)(O)OCC(O)COP(=O)(O)OCC(COC(=O)CCCCCCCCCCCCCCCCC/C=C\C/C=C\C/C=C\C/C=C\CCCCC)OC(=O)CCCCCCCCCCCCCCCCC. The summed E-state index contributed by atoms with van der Waals surface area (Å²) in [4.78, 5) is 58.9. The van der Waals surface area contributed by atoms with Crippen LogP contribution in [-0.2, 0) is 55.8 Å². The molecule has 0 rings (SSSR count). The van der Waals surface area contributed by atoms with Crippen LogP contribution in [0.5, 0.6) is 0 Å². The molecule has 4 N–H and O–H groups in total. The molecule has 18 heteroatoms. The van der Waals surface area contributed by atoms with Gasteiger partial charge in [-0.25, -0.2) is 9.13 Å². The number of carbonyl (C=O) groups is 3. The van der Waals surface area contributed by atoms with Crippen LogP contribution in [-0.4, -0.2) is 95.9 Å². The number of rotatable bonds is 89. The number of aliphatic hydroxyl groups excluding tert-OH is 2. The number of ether oxygens (including phenoxy) is 3. The van der Waals surface area contributed by atoms with Crippen molar-refractivity contribution < 1.29 is 75.8 Å². The largest absolute Gasteiger partial charge is 0.472 e.